The lowest BCUT2D eigenvalue weighted by atomic mass is 10.1. The molecule has 4 aromatic rings. The molecule has 0 amide bonds. The lowest BCUT2D eigenvalue weighted by Crippen LogP contribution is -1.93. The molecule has 0 spiro atoms. The molecule has 0 aliphatic rings. The second kappa shape index (κ2) is 9.43. The molecule has 0 N–H and O–H groups in total. The minimum absolute atomic E-state index is 0.757. The Morgan fingerprint density at radius 1 is 0.897 bits per heavy atom. The molecule has 2 nitrogen and oxygen atoms in total. The van der Waals surface area contributed by atoms with Crippen molar-refractivity contribution in [2.45, 2.75) is 20.6 Å². The molecular weight excluding hydrogens is 484 g/mol. The SMILES string of the molecule is Cn1nc(-c2ccccc2)c(CSc2ccc(Cl)cc2)c1Sc1ccc(Br)cc1. The largest absolute Gasteiger partial charge is 0.261 e. The molecule has 0 atom stereocenters. The van der Waals surface area contributed by atoms with Crippen LogP contribution < -0.4 is 0 Å². The van der Waals surface area contributed by atoms with Gasteiger partial charge in [0.15, 0.2) is 0 Å². The maximum Gasteiger partial charge on any atom is 0.103 e. The van der Waals surface area contributed by atoms with Gasteiger partial charge in [0, 0.05) is 43.2 Å². The van der Waals surface area contributed by atoms with Crippen LogP contribution in [-0.2, 0) is 12.8 Å². The summed E-state index contributed by atoms with van der Waals surface area (Å²) in [7, 11) is 2.02. The molecule has 0 bridgehead atoms. The summed E-state index contributed by atoms with van der Waals surface area (Å²) in [5, 5.41) is 6.79. The van der Waals surface area contributed by atoms with E-state index >= 15 is 0 Å². The van der Waals surface area contributed by atoms with Gasteiger partial charge in [0.25, 0.3) is 0 Å². The van der Waals surface area contributed by atoms with E-state index in [4.69, 9.17) is 16.7 Å². The molecule has 1 heterocycles. The molecule has 146 valence electrons. The van der Waals surface area contributed by atoms with Crippen LogP contribution in [0.25, 0.3) is 11.3 Å². The second-order valence-corrected chi connectivity index (χ2v) is 9.88. The molecule has 0 radical (unpaired) electrons. The number of rotatable bonds is 6. The molecule has 0 aliphatic heterocycles. The summed E-state index contributed by atoms with van der Waals surface area (Å²) >= 11 is 13.1. The van der Waals surface area contributed by atoms with Crippen molar-refractivity contribution >= 4 is 51.1 Å². The third kappa shape index (κ3) is 5.10. The Morgan fingerprint density at radius 2 is 1.55 bits per heavy atom. The topological polar surface area (TPSA) is 17.8 Å². The summed E-state index contributed by atoms with van der Waals surface area (Å²) in [5.74, 6) is 0.832. The van der Waals surface area contributed by atoms with Gasteiger partial charge in [-0.2, -0.15) is 5.10 Å². The van der Waals surface area contributed by atoms with Crippen LogP contribution in [-0.4, -0.2) is 9.78 Å². The summed E-state index contributed by atoms with van der Waals surface area (Å²) < 4.78 is 3.07. The first kappa shape index (κ1) is 20.6. The van der Waals surface area contributed by atoms with Crippen LogP contribution in [0.3, 0.4) is 0 Å². The fourth-order valence-electron chi connectivity index (χ4n) is 2.94. The fraction of sp³-hybridized carbons (Fsp3) is 0.0870. The monoisotopic (exact) mass is 500 g/mol. The van der Waals surface area contributed by atoms with Crippen molar-refractivity contribution in [3.63, 3.8) is 0 Å². The minimum Gasteiger partial charge on any atom is -0.261 e. The van der Waals surface area contributed by atoms with E-state index in [1.54, 1.807) is 23.5 Å². The van der Waals surface area contributed by atoms with Gasteiger partial charge in [-0.1, -0.05) is 69.6 Å². The molecule has 0 fully saturated rings. The third-order valence-corrected chi connectivity index (χ3v) is 7.39. The van der Waals surface area contributed by atoms with Crippen LogP contribution in [0.4, 0.5) is 0 Å². The van der Waals surface area contributed by atoms with E-state index in [1.165, 1.54) is 15.4 Å². The van der Waals surface area contributed by atoms with Gasteiger partial charge in [-0.25, -0.2) is 0 Å². The average Bonchev–Trinajstić information content (AvgIpc) is 3.05. The number of aromatic nitrogens is 2. The van der Waals surface area contributed by atoms with Gasteiger partial charge in [0.1, 0.15) is 5.03 Å². The second-order valence-electron chi connectivity index (χ2n) is 6.42. The van der Waals surface area contributed by atoms with E-state index in [2.05, 4.69) is 76.6 Å². The van der Waals surface area contributed by atoms with Crippen LogP contribution >= 0.6 is 51.1 Å². The molecule has 0 saturated heterocycles. The zero-order chi connectivity index (χ0) is 20.2. The maximum atomic E-state index is 6.03. The molecule has 4 rings (SSSR count). The number of hydrogen-bond donors (Lipinski definition) is 0. The maximum absolute atomic E-state index is 6.03. The lowest BCUT2D eigenvalue weighted by Gasteiger charge is -2.08. The van der Waals surface area contributed by atoms with E-state index in [0.29, 0.717) is 0 Å². The molecule has 6 heteroatoms. The van der Waals surface area contributed by atoms with Crippen molar-refractivity contribution in [1.82, 2.24) is 9.78 Å². The Kier molecular flexibility index (Phi) is 6.70. The molecule has 3 aromatic carbocycles. The normalized spacial score (nSPS) is 11.0. The van der Waals surface area contributed by atoms with Crippen LogP contribution in [0.5, 0.6) is 0 Å². The van der Waals surface area contributed by atoms with Gasteiger partial charge in [0.05, 0.1) is 5.69 Å². The molecular formula is C23H18BrClN2S2. The predicted molar refractivity (Wildman–Crippen MR) is 128 cm³/mol. The highest BCUT2D eigenvalue weighted by molar-refractivity contribution is 9.10. The number of thioether (sulfide) groups is 1. The zero-order valence-corrected chi connectivity index (χ0v) is 19.7. The minimum atomic E-state index is 0.757. The van der Waals surface area contributed by atoms with Gasteiger partial charge < -0.3 is 0 Å². The van der Waals surface area contributed by atoms with Crippen LogP contribution in [0.2, 0.25) is 5.02 Å². The Hall–Kier alpha value is -1.66. The quantitative estimate of drug-likeness (QED) is 0.250. The zero-order valence-electron chi connectivity index (χ0n) is 15.7. The van der Waals surface area contributed by atoms with E-state index in [0.717, 1.165) is 31.5 Å². The Balaban J connectivity index is 1.70. The molecule has 0 saturated carbocycles. The van der Waals surface area contributed by atoms with Crippen LogP contribution in [0.1, 0.15) is 5.56 Å². The van der Waals surface area contributed by atoms with Crippen molar-refractivity contribution < 1.29 is 0 Å². The number of benzene rings is 3. The Morgan fingerprint density at radius 3 is 2.24 bits per heavy atom. The third-order valence-electron chi connectivity index (χ3n) is 4.36. The van der Waals surface area contributed by atoms with Crippen molar-refractivity contribution in [1.29, 1.82) is 0 Å². The van der Waals surface area contributed by atoms with Crippen molar-refractivity contribution in [3.05, 3.63) is 93.9 Å². The van der Waals surface area contributed by atoms with E-state index in [1.807, 2.05) is 29.9 Å². The van der Waals surface area contributed by atoms with Crippen molar-refractivity contribution in [2.24, 2.45) is 7.05 Å². The van der Waals surface area contributed by atoms with Crippen LogP contribution in [0.15, 0.2) is 98.2 Å². The Bertz CT molecular complexity index is 1090. The van der Waals surface area contributed by atoms with Gasteiger partial charge in [-0.3, -0.25) is 4.68 Å². The number of hydrogen-bond acceptors (Lipinski definition) is 3. The first-order valence-corrected chi connectivity index (χ1v) is 12.0. The predicted octanol–water partition coefficient (Wildman–Crippen LogP) is 7.95. The summed E-state index contributed by atoms with van der Waals surface area (Å²) in [4.78, 5) is 2.38. The standard InChI is InChI=1S/C23H18BrClN2S2/c1-27-23(29-20-11-7-17(24)8-12-20)21(15-28-19-13-9-18(25)10-14-19)22(26-27)16-5-3-2-4-6-16/h2-14H,15H2,1H3. The van der Waals surface area contributed by atoms with E-state index < -0.39 is 0 Å². The molecule has 0 unspecified atom stereocenters. The van der Waals surface area contributed by atoms with Gasteiger partial charge in [0.2, 0.25) is 0 Å². The highest BCUT2D eigenvalue weighted by Crippen LogP contribution is 2.39. The van der Waals surface area contributed by atoms with E-state index in [-0.39, 0.29) is 0 Å². The van der Waals surface area contributed by atoms with Gasteiger partial charge in [-0.15, -0.1) is 11.8 Å². The van der Waals surface area contributed by atoms with Crippen molar-refractivity contribution in [3.8, 4) is 11.3 Å². The first-order valence-electron chi connectivity index (χ1n) is 9.03. The first-order chi connectivity index (χ1) is 14.1. The summed E-state index contributed by atoms with van der Waals surface area (Å²) in [6.45, 7) is 0. The van der Waals surface area contributed by atoms with Gasteiger partial charge in [-0.05, 0) is 48.5 Å². The summed E-state index contributed by atoms with van der Waals surface area (Å²) in [6.07, 6.45) is 0. The number of nitrogens with zero attached hydrogens (tertiary/aromatic N) is 2. The smallest absolute Gasteiger partial charge is 0.103 e. The average molecular weight is 502 g/mol. The molecule has 0 aliphatic carbocycles. The lowest BCUT2D eigenvalue weighted by molar-refractivity contribution is 0.698. The highest BCUT2D eigenvalue weighted by atomic mass is 79.9. The summed E-state index contributed by atoms with van der Waals surface area (Å²) in [5.41, 5.74) is 3.42. The van der Waals surface area contributed by atoms with E-state index in [9.17, 15) is 0 Å². The highest BCUT2D eigenvalue weighted by Gasteiger charge is 2.19. The Labute approximate surface area is 192 Å². The number of halogens is 2. The number of aryl methyl sites for hydroxylation is 1. The van der Waals surface area contributed by atoms with Gasteiger partial charge >= 0.3 is 0 Å². The molecule has 1 aromatic heterocycles. The summed E-state index contributed by atoms with van der Waals surface area (Å²) in [6, 6.07) is 26.8. The molecule has 29 heavy (non-hydrogen) atoms. The fourth-order valence-corrected chi connectivity index (χ4v) is 5.29. The van der Waals surface area contributed by atoms with Crippen LogP contribution in [0, 0.1) is 0 Å². The van der Waals surface area contributed by atoms with Crippen molar-refractivity contribution in [2.75, 3.05) is 0 Å².